The molecule has 0 radical (unpaired) electrons. The van der Waals surface area contributed by atoms with Gasteiger partial charge in [0.25, 0.3) is 0 Å². The number of fused-ring (bicyclic) bond motifs is 1. The third kappa shape index (κ3) is 3.37. The monoisotopic (exact) mass is 328 g/mol. The Balaban J connectivity index is 1.93. The largest absolute Gasteiger partial charge is 0.436 e. The van der Waals surface area contributed by atoms with Crippen LogP contribution in [0.2, 0.25) is 5.02 Å². The lowest BCUT2D eigenvalue weighted by atomic mass is 9.95. The highest BCUT2D eigenvalue weighted by Gasteiger charge is 2.21. The molecular formula is C18H17ClN2O2. The van der Waals surface area contributed by atoms with E-state index in [4.69, 9.17) is 16.0 Å². The van der Waals surface area contributed by atoms with E-state index in [9.17, 15) is 4.79 Å². The predicted molar refractivity (Wildman–Crippen MR) is 92.5 cm³/mol. The Kier molecular flexibility index (Phi) is 3.86. The number of hydrogen-bond donors (Lipinski definition) is 1. The highest BCUT2D eigenvalue weighted by Crippen LogP contribution is 2.28. The maximum Gasteiger partial charge on any atom is 0.229 e. The Morgan fingerprint density at radius 3 is 2.70 bits per heavy atom. The molecule has 0 unspecified atom stereocenters. The van der Waals surface area contributed by atoms with Gasteiger partial charge >= 0.3 is 0 Å². The Hall–Kier alpha value is -2.33. The number of amides is 1. The van der Waals surface area contributed by atoms with Crippen molar-refractivity contribution in [3.63, 3.8) is 0 Å². The number of benzene rings is 2. The van der Waals surface area contributed by atoms with Crippen molar-refractivity contribution in [2.24, 2.45) is 5.41 Å². The van der Waals surface area contributed by atoms with Gasteiger partial charge in [-0.25, -0.2) is 4.98 Å². The van der Waals surface area contributed by atoms with E-state index in [0.717, 1.165) is 5.56 Å². The van der Waals surface area contributed by atoms with Crippen LogP contribution in [0.15, 0.2) is 46.9 Å². The minimum absolute atomic E-state index is 0.0426. The first kappa shape index (κ1) is 15.6. The summed E-state index contributed by atoms with van der Waals surface area (Å²) < 4.78 is 5.75. The maximum atomic E-state index is 12.1. The van der Waals surface area contributed by atoms with E-state index >= 15 is 0 Å². The van der Waals surface area contributed by atoms with E-state index in [2.05, 4.69) is 10.3 Å². The lowest BCUT2D eigenvalue weighted by Gasteiger charge is -2.17. The van der Waals surface area contributed by atoms with Gasteiger partial charge in [-0.05, 0) is 36.4 Å². The zero-order valence-corrected chi connectivity index (χ0v) is 13.9. The number of nitrogens with zero attached hydrogens (tertiary/aromatic N) is 1. The van der Waals surface area contributed by atoms with E-state index in [1.807, 2.05) is 45.0 Å². The Morgan fingerprint density at radius 1 is 1.17 bits per heavy atom. The van der Waals surface area contributed by atoms with Crippen molar-refractivity contribution in [3.05, 3.63) is 47.5 Å². The SMILES string of the molecule is CC(C)(C)C(=O)Nc1cccc(-c2nc3cc(Cl)ccc3o2)c1. The van der Waals surface area contributed by atoms with Gasteiger partial charge in [-0.2, -0.15) is 0 Å². The maximum absolute atomic E-state index is 12.1. The predicted octanol–water partition coefficient (Wildman–Crippen LogP) is 5.13. The lowest BCUT2D eigenvalue weighted by Crippen LogP contribution is -2.27. The third-order valence-corrected chi connectivity index (χ3v) is 3.63. The van der Waals surface area contributed by atoms with Gasteiger partial charge in [-0.3, -0.25) is 4.79 Å². The van der Waals surface area contributed by atoms with Crippen LogP contribution in [0.5, 0.6) is 0 Å². The standard InChI is InChI=1S/C18H17ClN2O2/c1-18(2,3)17(22)20-13-6-4-5-11(9-13)16-21-14-10-12(19)7-8-15(14)23-16/h4-10H,1-3H3,(H,20,22). The fraction of sp³-hybridized carbons (Fsp3) is 0.222. The van der Waals surface area contributed by atoms with E-state index in [0.29, 0.717) is 27.7 Å². The summed E-state index contributed by atoms with van der Waals surface area (Å²) >= 11 is 5.97. The summed E-state index contributed by atoms with van der Waals surface area (Å²) in [4.78, 5) is 16.5. The van der Waals surface area contributed by atoms with Crippen LogP contribution in [0, 0.1) is 5.41 Å². The van der Waals surface area contributed by atoms with E-state index < -0.39 is 5.41 Å². The number of nitrogens with one attached hydrogen (secondary N) is 1. The molecule has 1 amide bonds. The summed E-state index contributed by atoms with van der Waals surface area (Å²) in [7, 11) is 0. The van der Waals surface area contributed by atoms with Gasteiger partial charge in [0.2, 0.25) is 11.8 Å². The van der Waals surface area contributed by atoms with Crippen LogP contribution in [0.3, 0.4) is 0 Å². The molecule has 0 spiro atoms. The number of halogens is 1. The zero-order chi connectivity index (χ0) is 16.6. The summed E-state index contributed by atoms with van der Waals surface area (Å²) in [5, 5.41) is 3.52. The Morgan fingerprint density at radius 2 is 1.96 bits per heavy atom. The van der Waals surface area contributed by atoms with Gasteiger partial charge in [-0.1, -0.05) is 38.4 Å². The molecule has 5 heteroatoms. The van der Waals surface area contributed by atoms with Crippen LogP contribution in [-0.2, 0) is 4.79 Å². The number of carbonyl (C=O) groups is 1. The van der Waals surface area contributed by atoms with Gasteiger partial charge in [0.15, 0.2) is 5.58 Å². The lowest BCUT2D eigenvalue weighted by molar-refractivity contribution is -0.123. The van der Waals surface area contributed by atoms with Crippen LogP contribution in [-0.4, -0.2) is 10.9 Å². The molecule has 0 atom stereocenters. The molecule has 0 aliphatic rings. The number of rotatable bonds is 2. The minimum Gasteiger partial charge on any atom is -0.436 e. The fourth-order valence-corrected chi connectivity index (χ4v) is 2.24. The number of anilines is 1. The molecule has 2 aromatic carbocycles. The van der Waals surface area contributed by atoms with Gasteiger partial charge in [-0.15, -0.1) is 0 Å². The van der Waals surface area contributed by atoms with Crippen LogP contribution in [0.25, 0.3) is 22.6 Å². The summed E-state index contributed by atoms with van der Waals surface area (Å²) in [5.74, 6) is 0.452. The van der Waals surface area contributed by atoms with Crippen molar-refractivity contribution in [3.8, 4) is 11.5 Å². The molecule has 0 bridgehead atoms. The van der Waals surface area contributed by atoms with Crippen LogP contribution in [0.1, 0.15) is 20.8 Å². The van der Waals surface area contributed by atoms with Gasteiger partial charge < -0.3 is 9.73 Å². The second kappa shape index (κ2) is 5.70. The highest BCUT2D eigenvalue weighted by molar-refractivity contribution is 6.31. The Labute approximate surface area is 139 Å². The van der Waals surface area contributed by atoms with Crippen molar-refractivity contribution >= 4 is 34.3 Å². The molecule has 0 fully saturated rings. The summed E-state index contributed by atoms with van der Waals surface area (Å²) in [5.41, 5.74) is 2.43. The van der Waals surface area contributed by atoms with E-state index in [-0.39, 0.29) is 5.91 Å². The smallest absolute Gasteiger partial charge is 0.229 e. The fourth-order valence-electron chi connectivity index (χ4n) is 2.07. The van der Waals surface area contributed by atoms with Crippen molar-refractivity contribution in [1.29, 1.82) is 0 Å². The average Bonchev–Trinajstić information content (AvgIpc) is 2.89. The number of hydrogen-bond acceptors (Lipinski definition) is 3. The van der Waals surface area contributed by atoms with Crippen molar-refractivity contribution in [2.45, 2.75) is 20.8 Å². The summed E-state index contributed by atoms with van der Waals surface area (Å²) in [6.07, 6.45) is 0. The molecule has 0 saturated heterocycles. The zero-order valence-electron chi connectivity index (χ0n) is 13.2. The molecule has 4 nitrogen and oxygen atoms in total. The van der Waals surface area contributed by atoms with E-state index in [1.165, 1.54) is 0 Å². The number of aromatic nitrogens is 1. The van der Waals surface area contributed by atoms with Gasteiger partial charge in [0.1, 0.15) is 5.52 Å². The molecule has 1 N–H and O–H groups in total. The normalized spacial score (nSPS) is 11.7. The molecule has 3 aromatic rings. The number of oxazole rings is 1. The van der Waals surface area contributed by atoms with Gasteiger partial charge in [0, 0.05) is 21.7 Å². The van der Waals surface area contributed by atoms with Crippen molar-refractivity contribution in [1.82, 2.24) is 4.98 Å². The van der Waals surface area contributed by atoms with Crippen molar-refractivity contribution < 1.29 is 9.21 Å². The van der Waals surface area contributed by atoms with E-state index in [1.54, 1.807) is 18.2 Å². The number of carbonyl (C=O) groups excluding carboxylic acids is 1. The molecule has 0 saturated carbocycles. The minimum atomic E-state index is -0.454. The summed E-state index contributed by atoms with van der Waals surface area (Å²) in [6.45, 7) is 5.62. The Bertz CT molecular complexity index is 878. The molecule has 118 valence electrons. The first-order chi connectivity index (χ1) is 10.8. The first-order valence-electron chi connectivity index (χ1n) is 7.31. The second-order valence-corrected chi connectivity index (χ2v) is 6.85. The van der Waals surface area contributed by atoms with Crippen LogP contribution >= 0.6 is 11.6 Å². The van der Waals surface area contributed by atoms with Crippen LogP contribution < -0.4 is 5.32 Å². The van der Waals surface area contributed by atoms with Crippen molar-refractivity contribution in [2.75, 3.05) is 5.32 Å². The summed E-state index contributed by atoms with van der Waals surface area (Å²) in [6, 6.07) is 12.7. The molecular weight excluding hydrogens is 312 g/mol. The van der Waals surface area contributed by atoms with Crippen LogP contribution in [0.4, 0.5) is 5.69 Å². The molecule has 0 aliphatic heterocycles. The first-order valence-corrected chi connectivity index (χ1v) is 7.69. The third-order valence-electron chi connectivity index (χ3n) is 3.40. The molecule has 0 aliphatic carbocycles. The molecule has 1 heterocycles. The highest BCUT2D eigenvalue weighted by atomic mass is 35.5. The van der Waals surface area contributed by atoms with Gasteiger partial charge in [0.05, 0.1) is 0 Å². The molecule has 23 heavy (non-hydrogen) atoms. The quantitative estimate of drug-likeness (QED) is 0.709. The molecule has 1 aromatic heterocycles. The second-order valence-electron chi connectivity index (χ2n) is 6.42. The average molecular weight is 329 g/mol. The topological polar surface area (TPSA) is 55.1 Å². The molecule has 3 rings (SSSR count).